The maximum atomic E-state index is 13.2. The largest absolute Gasteiger partial charge is 0.494 e. The van der Waals surface area contributed by atoms with Crippen molar-refractivity contribution in [1.29, 1.82) is 0 Å². The van der Waals surface area contributed by atoms with Crippen molar-refractivity contribution in [3.63, 3.8) is 0 Å². The van der Waals surface area contributed by atoms with Crippen LogP contribution in [0.2, 0.25) is 0 Å². The van der Waals surface area contributed by atoms with Gasteiger partial charge < -0.3 is 9.47 Å². The van der Waals surface area contributed by atoms with E-state index in [0.717, 1.165) is 55.2 Å². The fourth-order valence-electron chi connectivity index (χ4n) is 3.49. The van der Waals surface area contributed by atoms with Crippen molar-refractivity contribution in [3.8, 4) is 5.75 Å². The molecule has 1 aliphatic rings. The molecular formula is C21H28ClN5O3S. The molecule has 0 radical (unpaired) electrons. The molecule has 0 bridgehead atoms. The lowest BCUT2D eigenvalue weighted by Gasteiger charge is -2.27. The summed E-state index contributed by atoms with van der Waals surface area (Å²) in [6.07, 6.45) is 2.64. The molecule has 0 unspecified atom stereocenters. The highest BCUT2D eigenvalue weighted by Crippen LogP contribution is 2.32. The molecule has 0 aliphatic carbocycles. The Morgan fingerprint density at radius 3 is 2.81 bits per heavy atom. The number of carbonyl (C=O) groups is 1. The SMILES string of the molecule is CCOc1ccc2nc(N(CCCN3CCOCC3)C(=O)c3ccn(C)n3)sc2c1.Cl. The number of benzene rings is 1. The number of carbonyl (C=O) groups excluding carboxylic acids is 1. The van der Waals surface area contributed by atoms with E-state index in [9.17, 15) is 4.79 Å². The number of aromatic nitrogens is 3. The molecule has 1 amide bonds. The van der Waals surface area contributed by atoms with Gasteiger partial charge in [-0.2, -0.15) is 5.10 Å². The van der Waals surface area contributed by atoms with Crippen molar-refractivity contribution < 1.29 is 14.3 Å². The lowest BCUT2D eigenvalue weighted by molar-refractivity contribution is 0.0376. The molecular weight excluding hydrogens is 438 g/mol. The summed E-state index contributed by atoms with van der Waals surface area (Å²) in [6, 6.07) is 7.59. The van der Waals surface area contributed by atoms with E-state index in [1.807, 2.05) is 32.2 Å². The summed E-state index contributed by atoms with van der Waals surface area (Å²) in [4.78, 5) is 22.1. The number of fused-ring (bicyclic) bond motifs is 1. The standard InChI is InChI=1S/C21H27N5O3S.ClH/c1-3-29-16-5-6-17-19(15-16)30-21(22-17)26(20(27)18-7-10-24(2)23-18)9-4-8-25-11-13-28-14-12-25;/h5-7,10,15H,3-4,8-9,11-14H2,1-2H3;1H. The number of nitrogens with zero attached hydrogens (tertiary/aromatic N) is 5. The Labute approximate surface area is 192 Å². The summed E-state index contributed by atoms with van der Waals surface area (Å²) in [5.41, 5.74) is 1.29. The van der Waals surface area contributed by atoms with Crippen molar-refractivity contribution in [2.45, 2.75) is 13.3 Å². The summed E-state index contributed by atoms with van der Waals surface area (Å²) < 4.78 is 13.7. The number of aryl methyl sites for hydroxylation is 1. The van der Waals surface area contributed by atoms with Gasteiger partial charge in [0.2, 0.25) is 0 Å². The van der Waals surface area contributed by atoms with Gasteiger partial charge in [-0.1, -0.05) is 11.3 Å². The van der Waals surface area contributed by atoms with Gasteiger partial charge in [0.15, 0.2) is 10.8 Å². The van der Waals surface area contributed by atoms with Crippen LogP contribution in [0, 0.1) is 0 Å². The lowest BCUT2D eigenvalue weighted by Crippen LogP contribution is -2.39. The number of hydrogen-bond acceptors (Lipinski definition) is 7. The highest BCUT2D eigenvalue weighted by atomic mass is 35.5. The maximum Gasteiger partial charge on any atom is 0.280 e. The minimum absolute atomic E-state index is 0. The fourth-order valence-corrected chi connectivity index (χ4v) is 4.51. The highest BCUT2D eigenvalue weighted by Gasteiger charge is 2.23. The Morgan fingerprint density at radius 2 is 2.10 bits per heavy atom. The monoisotopic (exact) mass is 465 g/mol. The summed E-state index contributed by atoms with van der Waals surface area (Å²) in [5, 5.41) is 4.99. The molecule has 0 atom stereocenters. The normalized spacial score (nSPS) is 14.4. The second kappa shape index (κ2) is 10.9. The molecule has 1 saturated heterocycles. The number of ether oxygens (including phenoxy) is 2. The number of thiazole rings is 1. The van der Waals surface area contributed by atoms with Crippen LogP contribution in [0.1, 0.15) is 23.8 Å². The van der Waals surface area contributed by atoms with E-state index in [4.69, 9.17) is 14.5 Å². The second-order valence-electron chi connectivity index (χ2n) is 7.20. The van der Waals surface area contributed by atoms with Crippen molar-refractivity contribution in [3.05, 3.63) is 36.2 Å². The van der Waals surface area contributed by atoms with Crippen LogP contribution in [-0.4, -0.2) is 71.6 Å². The van der Waals surface area contributed by atoms with E-state index in [2.05, 4.69) is 10.00 Å². The maximum absolute atomic E-state index is 13.2. The minimum Gasteiger partial charge on any atom is -0.494 e. The quantitative estimate of drug-likeness (QED) is 0.508. The average molecular weight is 466 g/mol. The topological polar surface area (TPSA) is 72.7 Å². The molecule has 3 heterocycles. The van der Waals surface area contributed by atoms with Gasteiger partial charge in [-0.3, -0.25) is 19.3 Å². The molecule has 3 aromatic rings. The Morgan fingerprint density at radius 1 is 1.29 bits per heavy atom. The van der Waals surface area contributed by atoms with Crippen LogP contribution in [-0.2, 0) is 11.8 Å². The number of amides is 1. The van der Waals surface area contributed by atoms with Crippen LogP contribution < -0.4 is 9.64 Å². The predicted molar refractivity (Wildman–Crippen MR) is 125 cm³/mol. The fraction of sp³-hybridized carbons (Fsp3) is 0.476. The lowest BCUT2D eigenvalue weighted by atomic mass is 10.3. The van der Waals surface area contributed by atoms with E-state index in [1.165, 1.54) is 11.3 Å². The zero-order valence-electron chi connectivity index (χ0n) is 17.8. The highest BCUT2D eigenvalue weighted by molar-refractivity contribution is 7.22. The van der Waals surface area contributed by atoms with Gasteiger partial charge in [-0.25, -0.2) is 4.98 Å². The van der Waals surface area contributed by atoms with E-state index >= 15 is 0 Å². The van der Waals surface area contributed by atoms with Crippen molar-refractivity contribution >= 4 is 45.0 Å². The van der Waals surface area contributed by atoms with E-state index in [-0.39, 0.29) is 18.3 Å². The molecule has 2 aromatic heterocycles. The van der Waals surface area contributed by atoms with Crippen molar-refractivity contribution in [1.82, 2.24) is 19.7 Å². The van der Waals surface area contributed by atoms with Crippen LogP contribution in [0.15, 0.2) is 30.5 Å². The molecule has 8 nitrogen and oxygen atoms in total. The Balaban J connectivity index is 0.00000272. The molecule has 168 valence electrons. The van der Waals surface area contributed by atoms with Crippen LogP contribution >= 0.6 is 23.7 Å². The molecule has 0 spiro atoms. The van der Waals surface area contributed by atoms with Gasteiger partial charge >= 0.3 is 0 Å². The summed E-state index contributed by atoms with van der Waals surface area (Å²) in [6.45, 7) is 7.52. The number of rotatable bonds is 8. The van der Waals surface area contributed by atoms with E-state index in [1.54, 1.807) is 21.8 Å². The van der Waals surface area contributed by atoms with Crippen LogP contribution in [0.25, 0.3) is 10.2 Å². The average Bonchev–Trinajstić information content (AvgIpc) is 3.37. The first kappa shape index (κ1) is 23.5. The molecule has 31 heavy (non-hydrogen) atoms. The molecule has 10 heteroatoms. The third kappa shape index (κ3) is 5.74. The first-order valence-corrected chi connectivity index (χ1v) is 11.1. The number of hydrogen-bond donors (Lipinski definition) is 0. The summed E-state index contributed by atoms with van der Waals surface area (Å²) in [7, 11) is 1.81. The van der Waals surface area contributed by atoms with Crippen molar-refractivity contribution in [2.75, 3.05) is 50.9 Å². The van der Waals surface area contributed by atoms with Gasteiger partial charge in [0, 0.05) is 39.4 Å². The number of anilines is 1. The van der Waals surface area contributed by atoms with E-state index < -0.39 is 0 Å². The minimum atomic E-state index is -0.123. The van der Waals surface area contributed by atoms with Crippen LogP contribution in [0.5, 0.6) is 5.75 Å². The Bertz CT molecular complexity index is 1000. The molecule has 4 rings (SSSR count). The molecule has 1 fully saturated rings. The molecule has 0 saturated carbocycles. The van der Waals surface area contributed by atoms with Gasteiger partial charge in [-0.05, 0) is 37.6 Å². The zero-order valence-corrected chi connectivity index (χ0v) is 19.5. The second-order valence-corrected chi connectivity index (χ2v) is 8.21. The van der Waals surface area contributed by atoms with Gasteiger partial charge in [0.25, 0.3) is 5.91 Å². The number of halogens is 1. The first-order valence-electron chi connectivity index (χ1n) is 10.3. The van der Waals surface area contributed by atoms with Gasteiger partial charge in [0.1, 0.15) is 5.75 Å². The third-order valence-corrected chi connectivity index (χ3v) is 6.07. The van der Waals surface area contributed by atoms with Crippen LogP contribution in [0.3, 0.4) is 0 Å². The Kier molecular flexibility index (Phi) is 8.25. The molecule has 0 N–H and O–H groups in total. The summed E-state index contributed by atoms with van der Waals surface area (Å²) >= 11 is 1.51. The van der Waals surface area contributed by atoms with Crippen molar-refractivity contribution in [2.24, 2.45) is 7.05 Å². The van der Waals surface area contributed by atoms with Gasteiger partial charge in [-0.15, -0.1) is 12.4 Å². The predicted octanol–water partition coefficient (Wildman–Crippen LogP) is 3.22. The zero-order chi connectivity index (χ0) is 20.9. The Hall–Kier alpha value is -2.20. The summed E-state index contributed by atoms with van der Waals surface area (Å²) in [5.74, 6) is 0.691. The molecule has 1 aromatic carbocycles. The smallest absolute Gasteiger partial charge is 0.280 e. The van der Waals surface area contributed by atoms with Gasteiger partial charge in [0.05, 0.1) is 30.0 Å². The van der Waals surface area contributed by atoms with Crippen LogP contribution in [0.4, 0.5) is 5.13 Å². The van der Waals surface area contributed by atoms with E-state index in [0.29, 0.717) is 24.0 Å². The first-order chi connectivity index (χ1) is 14.6. The molecule has 1 aliphatic heterocycles. The third-order valence-electron chi connectivity index (χ3n) is 5.03. The number of morpholine rings is 1.